The van der Waals surface area contributed by atoms with E-state index in [1.165, 1.54) is 0 Å². The normalized spacial score (nSPS) is 29.4. The highest BCUT2D eigenvalue weighted by Gasteiger charge is 2.33. The summed E-state index contributed by atoms with van der Waals surface area (Å²) in [5.41, 5.74) is 5.49. The fraction of sp³-hybridized carbons (Fsp3) is 0.917. The Bertz CT molecular complexity index is 263. The molecule has 0 aromatic rings. The summed E-state index contributed by atoms with van der Waals surface area (Å²) >= 11 is 0. The molecule has 3 N–H and O–H groups in total. The summed E-state index contributed by atoms with van der Waals surface area (Å²) < 4.78 is 0. The lowest BCUT2D eigenvalue weighted by molar-refractivity contribution is -0.125. The van der Waals surface area contributed by atoms with Crippen LogP contribution in [0.2, 0.25) is 0 Å². The molecule has 2 saturated heterocycles. The second-order valence-corrected chi connectivity index (χ2v) is 5.03. The molecule has 2 fully saturated rings. The highest BCUT2D eigenvalue weighted by molar-refractivity contribution is 5.80. The van der Waals surface area contributed by atoms with Crippen molar-refractivity contribution in [3.05, 3.63) is 0 Å². The minimum Gasteiger partial charge on any atom is -0.368 e. The van der Waals surface area contributed by atoms with Crippen molar-refractivity contribution in [2.24, 2.45) is 5.73 Å². The lowest BCUT2D eigenvalue weighted by Gasteiger charge is -2.43. The summed E-state index contributed by atoms with van der Waals surface area (Å²) in [7, 11) is 0. The number of nitrogens with zero attached hydrogens (tertiary/aromatic N) is 2. The third-order valence-corrected chi connectivity index (χ3v) is 4.09. The van der Waals surface area contributed by atoms with Crippen molar-refractivity contribution in [1.82, 2.24) is 15.1 Å². The number of piperazine rings is 1. The van der Waals surface area contributed by atoms with Gasteiger partial charge >= 0.3 is 0 Å². The standard InChI is InChI=1S/C12H24N4O/c1-2-15-6-3-10(4-7-15)16-8-5-14-9-11(16)12(13)17/h10-11,14H,2-9H2,1H3,(H2,13,17). The molecular formula is C12H24N4O. The fourth-order valence-corrected chi connectivity index (χ4v) is 2.99. The van der Waals surface area contributed by atoms with Crippen LogP contribution in [0.4, 0.5) is 0 Å². The van der Waals surface area contributed by atoms with Gasteiger partial charge in [-0.15, -0.1) is 0 Å². The van der Waals surface area contributed by atoms with Gasteiger partial charge in [0.15, 0.2) is 0 Å². The summed E-state index contributed by atoms with van der Waals surface area (Å²) in [4.78, 5) is 16.3. The monoisotopic (exact) mass is 240 g/mol. The number of nitrogens with two attached hydrogens (primary N) is 1. The van der Waals surface area contributed by atoms with Crippen LogP contribution in [0.5, 0.6) is 0 Å². The van der Waals surface area contributed by atoms with Crippen LogP contribution in [-0.4, -0.2) is 67.1 Å². The Hall–Kier alpha value is -0.650. The zero-order valence-corrected chi connectivity index (χ0v) is 10.7. The number of rotatable bonds is 3. The minimum absolute atomic E-state index is 0.109. The average molecular weight is 240 g/mol. The van der Waals surface area contributed by atoms with Crippen molar-refractivity contribution in [2.45, 2.75) is 31.8 Å². The van der Waals surface area contributed by atoms with Gasteiger partial charge in [0, 0.05) is 25.7 Å². The van der Waals surface area contributed by atoms with Crippen molar-refractivity contribution < 1.29 is 4.79 Å². The Labute approximate surface area is 103 Å². The van der Waals surface area contributed by atoms with Crippen LogP contribution in [-0.2, 0) is 4.79 Å². The van der Waals surface area contributed by atoms with Gasteiger partial charge in [-0.2, -0.15) is 0 Å². The number of hydrogen-bond acceptors (Lipinski definition) is 4. The number of carbonyl (C=O) groups is 1. The first-order valence-electron chi connectivity index (χ1n) is 6.70. The van der Waals surface area contributed by atoms with Gasteiger partial charge in [-0.1, -0.05) is 6.92 Å². The Balaban J connectivity index is 1.93. The number of amides is 1. The number of likely N-dealkylation sites (tertiary alicyclic amines) is 1. The highest BCUT2D eigenvalue weighted by atomic mass is 16.1. The van der Waals surface area contributed by atoms with E-state index in [1.54, 1.807) is 0 Å². The number of primary amides is 1. The minimum atomic E-state index is -0.185. The topological polar surface area (TPSA) is 61.6 Å². The molecule has 5 nitrogen and oxygen atoms in total. The van der Waals surface area contributed by atoms with Crippen molar-refractivity contribution in [3.8, 4) is 0 Å². The van der Waals surface area contributed by atoms with Gasteiger partial charge in [0.1, 0.15) is 6.04 Å². The van der Waals surface area contributed by atoms with Crippen LogP contribution >= 0.6 is 0 Å². The highest BCUT2D eigenvalue weighted by Crippen LogP contribution is 2.19. The molecular weight excluding hydrogens is 216 g/mol. The van der Waals surface area contributed by atoms with Gasteiger partial charge in [0.25, 0.3) is 0 Å². The summed E-state index contributed by atoms with van der Waals surface area (Å²) in [6, 6.07) is 0.430. The maximum Gasteiger partial charge on any atom is 0.236 e. The molecule has 2 aliphatic rings. The first kappa shape index (κ1) is 12.8. The van der Waals surface area contributed by atoms with E-state index in [4.69, 9.17) is 5.73 Å². The maximum absolute atomic E-state index is 11.5. The molecule has 0 spiro atoms. The largest absolute Gasteiger partial charge is 0.368 e. The van der Waals surface area contributed by atoms with Crippen LogP contribution in [0.15, 0.2) is 0 Å². The van der Waals surface area contributed by atoms with Crippen molar-refractivity contribution in [3.63, 3.8) is 0 Å². The van der Waals surface area contributed by atoms with Gasteiger partial charge in [-0.05, 0) is 32.5 Å². The van der Waals surface area contributed by atoms with E-state index in [2.05, 4.69) is 22.0 Å². The van der Waals surface area contributed by atoms with Crippen molar-refractivity contribution in [2.75, 3.05) is 39.3 Å². The smallest absolute Gasteiger partial charge is 0.236 e. The molecule has 0 bridgehead atoms. The average Bonchev–Trinajstić information content (AvgIpc) is 2.39. The second-order valence-electron chi connectivity index (χ2n) is 5.03. The predicted molar refractivity (Wildman–Crippen MR) is 67.7 cm³/mol. The molecule has 0 saturated carbocycles. The third-order valence-electron chi connectivity index (χ3n) is 4.09. The summed E-state index contributed by atoms with van der Waals surface area (Å²) in [6.07, 6.45) is 2.33. The van der Waals surface area contributed by atoms with E-state index in [0.29, 0.717) is 12.6 Å². The molecule has 2 heterocycles. The van der Waals surface area contributed by atoms with Crippen molar-refractivity contribution >= 4 is 5.91 Å². The van der Waals surface area contributed by atoms with Gasteiger partial charge in [-0.25, -0.2) is 0 Å². The van der Waals surface area contributed by atoms with Gasteiger partial charge < -0.3 is 16.0 Å². The molecule has 2 rings (SSSR count). The third kappa shape index (κ3) is 2.97. The van der Waals surface area contributed by atoms with Crippen LogP contribution < -0.4 is 11.1 Å². The van der Waals surface area contributed by atoms with Crippen LogP contribution in [0.25, 0.3) is 0 Å². The quantitative estimate of drug-likeness (QED) is 0.680. The van der Waals surface area contributed by atoms with Crippen LogP contribution in [0.3, 0.4) is 0 Å². The Morgan fingerprint density at radius 2 is 2.06 bits per heavy atom. The fourth-order valence-electron chi connectivity index (χ4n) is 2.99. The first-order chi connectivity index (χ1) is 8.22. The lowest BCUT2D eigenvalue weighted by atomic mass is 9.99. The maximum atomic E-state index is 11.5. The van der Waals surface area contributed by atoms with E-state index >= 15 is 0 Å². The molecule has 98 valence electrons. The molecule has 17 heavy (non-hydrogen) atoms. The molecule has 1 amide bonds. The molecule has 0 aromatic carbocycles. The van der Waals surface area contributed by atoms with E-state index in [9.17, 15) is 4.79 Å². The predicted octanol–water partition coefficient (Wildman–Crippen LogP) is -0.770. The molecule has 0 radical (unpaired) electrons. The van der Waals surface area contributed by atoms with E-state index < -0.39 is 0 Å². The summed E-state index contributed by atoms with van der Waals surface area (Å²) in [5.74, 6) is -0.185. The number of carbonyl (C=O) groups excluding carboxylic acids is 1. The SMILES string of the molecule is CCN1CCC(N2CCNCC2C(N)=O)CC1. The molecule has 2 aliphatic heterocycles. The first-order valence-corrected chi connectivity index (χ1v) is 6.70. The second kappa shape index (κ2) is 5.80. The van der Waals surface area contributed by atoms with E-state index in [1.807, 2.05) is 0 Å². The lowest BCUT2D eigenvalue weighted by Crippen LogP contribution is -2.61. The number of piperidine rings is 1. The molecule has 5 heteroatoms. The Morgan fingerprint density at radius 1 is 1.35 bits per heavy atom. The molecule has 1 unspecified atom stereocenters. The zero-order chi connectivity index (χ0) is 12.3. The van der Waals surface area contributed by atoms with Gasteiger partial charge in [-0.3, -0.25) is 9.69 Å². The zero-order valence-electron chi connectivity index (χ0n) is 10.7. The van der Waals surface area contributed by atoms with E-state index in [-0.39, 0.29) is 11.9 Å². The Morgan fingerprint density at radius 3 is 2.65 bits per heavy atom. The van der Waals surface area contributed by atoms with Gasteiger partial charge in [0.2, 0.25) is 5.91 Å². The van der Waals surface area contributed by atoms with Crippen molar-refractivity contribution in [1.29, 1.82) is 0 Å². The summed E-state index contributed by atoms with van der Waals surface area (Å²) in [6.45, 7) is 8.27. The molecule has 1 atom stereocenters. The number of nitrogens with one attached hydrogen (secondary N) is 1. The molecule has 0 aromatic heterocycles. The van der Waals surface area contributed by atoms with Gasteiger partial charge in [0.05, 0.1) is 0 Å². The van der Waals surface area contributed by atoms with Crippen LogP contribution in [0.1, 0.15) is 19.8 Å². The summed E-state index contributed by atoms with van der Waals surface area (Å²) in [5, 5.41) is 3.25. The number of hydrogen-bond donors (Lipinski definition) is 2. The van der Waals surface area contributed by atoms with E-state index in [0.717, 1.165) is 45.6 Å². The Kier molecular flexibility index (Phi) is 4.36. The molecule has 0 aliphatic carbocycles. The van der Waals surface area contributed by atoms with Crippen LogP contribution in [0, 0.1) is 0 Å².